The molecule has 1 aromatic carbocycles. The van der Waals surface area contributed by atoms with E-state index in [2.05, 4.69) is 60.2 Å². The second-order valence-electron chi connectivity index (χ2n) is 8.57. The van der Waals surface area contributed by atoms with Crippen molar-refractivity contribution < 1.29 is 4.52 Å². The van der Waals surface area contributed by atoms with Crippen LogP contribution >= 0.6 is 0 Å². The van der Waals surface area contributed by atoms with Gasteiger partial charge in [-0.3, -0.25) is 4.90 Å². The van der Waals surface area contributed by atoms with Gasteiger partial charge in [-0.05, 0) is 69.2 Å². The van der Waals surface area contributed by atoms with Crippen LogP contribution in [0.2, 0.25) is 0 Å². The molecule has 1 saturated heterocycles. The molecule has 0 amide bonds. The van der Waals surface area contributed by atoms with Crippen LogP contribution in [0.1, 0.15) is 53.8 Å². The minimum absolute atomic E-state index is 0.628. The molecular weight excluding hydrogens is 334 g/mol. The van der Waals surface area contributed by atoms with Crippen molar-refractivity contribution in [2.75, 3.05) is 13.1 Å². The van der Waals surface area contributed by atoms with Crippen molar-refractivity contribution in [2.45, 2.75) is 58.4 Å². The summed E-state index contributed by atoms with van der Waals surface area (Å²) in [6, 6.07) is 7.46. The van der Waals surface area contributed by atoms with Gasteiger partial charge in [0.05, 0.1) is 5.69 Å². The number of rotatable bonds is 4. The summed E-state index contributed by atoms with van der Waals surface area (Å²) >= 11 is 0. The van der Waals surface area contributed by atoms with E-state index in [1.54, 1.807) is 5.56 Å². The zero-order chi connectivity index (χ0) is 18.5. The van der Waals surface area contributed by atoms with Crippen LogP contribution in [0.3, 0.4) is 0 Å². The van der Waals surface area contributed by atoms with E-state index in [0.717, 1.165) is 17.9 Å². The predicted octanol–water partition coefficient (Wildman–Crippen LogP) is 4.76. The lowest BCUT2D eigenvalue weighted by atomic mass is 9.71. The van der Waals surface area contributed by atoms with Crippen molar-refractivity contribution in [1.29, 1.82) is 0 Å². The van der Waals surface area contributed by atoms with Crippen LogP contribution in [0.5, 0.6) is 0 Å². The molecule has 3 atom stereocenters. The van der Waals surface area contributed by atoms with Gasteiger partial charge in [-0.2, -0.15) is 0 Å². The molecule has 5 rings (SSSR count). The molecule has 0 spiro atoms. The maximum absolute atomic E-state index is 5.43. The van der Waals surface area contributed by atoms with Crippen molar-refractivity contribution in [2.24, 2.45) is 5.92 Å². The van der Waals surface area contributed by atoms with Crippen LogP contribution in [0.15, 0.2) is 28.9 Å². The zero-order valence-electron chi connectivity index (χ0n) is 16.6. The summed E-state index contributed by atoms with van der Waals surface area (Å²) in [4.78, 5) is 6.27. The topological polar surface area (TPSA) is 45.1 Å². The van der Waals surface area contributed by atoms with Crippen LogP contribution in [0.25, 0.3) is 10.9 Å². The largest absolute Gasteiger partial charge is 0.361 e. The third kappa shape index (κ3) is 2.73. The van der Waals surface area contributed by atoms with Crippen molar-refractivity contribution in [1.82, 2.24) is 15.0 Å². The quantitative estimate of drug-likeness (QED) is 0.727. The van der Waals surface area contributed by atoms with Crippen molar-refractivity contribution >= 4 is 10.9 Å². The Bertz CT molecular complexity index is 950. The van der Waals surface area contributed by atoms with Gasteiger partial charge in [0.25, 0.3) is 0 Å². The molecule has 1 fully saturated rings. The van der Waals surface area contributed by atoms with Crippen LogP contribution in [-0.2, 0) is 12.8 Å². The Morgan fingerprint density at radius 2 is 2.19 bits per heavy atom. The van der Waals surface area contributed by atoms with Gasteiger partial charge >= 0.3 is 0 Å². The second-order valence-corrected chi connectivity index (χ2v) is 8.57. The van der Waals surface area contributed by atoms with Crippen LogP contribution in [0.4, 0.5) is 0 Å². The average molecular weight is 364 g/mol. The smallest absolute Gasteiger partial charge is 0.137 e. The molecule has 3 heterocycles. The summed E-state index contributed by atoms with van der Waals surface area (Å²) in [6.45, 7) is 8.81. The highest BCUT2D eigenvalue weighted by atomic mass is 16.5. The number of piperidine rings is 1. The van der Waals surface area contributed by atoms with Gasteiger partial charge in [0, 0.05) is 41.2 Å². The van der Waals surface area contributed by atoms with E-state index in [-0.39, 0.29) is 0 Å². The summed E-state index contributed by atoms with van der Waals surface area (Å²) < 4.78 is 5.43. The number of nitrogens with one attached hydrogen (secondary N) is 1. The maximum Gasteiger partial charge on any atom is 0.137 e. The summed E-state index contributed by atoms with van der Waals surface area (Å²) in [5.41, 5.74) is 6.76. The molecule has 1 unspecified atom stereocenters. The first-order chi connectivity index (χ1) is 13.2. The molecule has 27 heavy (non-hydrogen) atoms. The van der Waals surface area contributed by atoms with Gasteiger partial charge < -0.3 is 9.51 Å². The molecule has 0 bridgehead atoms. The second kappa shape index (κ2) is 6.52. The maximum atomic E-state index is 5.43. The molecule has 1 aliphatic carbocycles. The van der Waals surface area contributed by atoms with Gasteiger partial charge in [0.2, 0.25) is 0 Å². The SMILES string of the molecule is CCCN1CC(Cc2c(C)noc2C)C[C@@H]2c3cccc4[nH]cc(c34)C[C@H]21. The third-order valence-corrected chi connectivity index (χ3v) is 6.85. The summed E-state index contributed by atoms with van der Waals surface area (Å²) in [7, 11) is 0. The fraction of sp³-hybridized carbons (Fsp3) is 0.522. The van der Waals surface area contributed by atoms with E-state index in [1.807, 2.05) is 0 Å². The first-order valence-electron chi connectivity index (χ1n) is 10.4. The number of H-pyrrole nitrogens is 1. The van der Waals surface area contributed by atoms with Crippen LogP contribution < -0.4 is 0 Å². The number of fused-ring (bicyclic) bond motifs is 2. The molecule has 2 aliphatic rings. The Morgan fingerprint density at radius 1 is 1.30 bits per heavy atom. The lowest BCUT2D eigenvalue weighted by molar-refractivity contribution is 0.0844. The highest BCUT2D eigenvalue weighted by molar-refractivity contribution is 5.88. The molecule has 0 saturated carbocycles. The Kier molecular flexibility index (Phi) is 4.12. The van der Waals surface area contributed by atoms with E-state index in [0.29, 0.717) is 17.9 Å². The van der Waals surface area contributed by atoms with Crippen LogP contribution in [-0.4, -0.2) is 34.2 Å². The molecular formula is C23H29N3O. The highest BCUT2D eigenvalue weighted by Gasteiger charge is 2.40. The normalized spacial score (nSPS) is 25.1. The van der Waals surface area contributed by atoms with Gasteiger partial charge in [-0.15, -0.1) is 0 Å². The molecule has 4 heteroatoms. The Hall–Kier alpha value is -2.07. The Morgan fingerprint density at radius 3 is 2.96 bits per heavy atom. The summed E-state index contributed by atoms with van der Waals surface area (Å²) in [5.74, 6) is 2.28. The molecule has 142 valence electrons. The number of aromatic nitrogens is 2. The molecule has 3 aromatic rings. The van der Waals surface area contributed by atoms with E-state index < -0.39 is 0 Å². The standard InChI is InChI=1S/C23H29N3O/c1-4-8-26-13-16(9-19-14(2)25-27-15(19)3)10-20-18-6-5-7-21-23(18)17(12-24-21)11-22(20)26/h5-7,12,16,20,22,24H,4,8-11,13H2,1-3H3/t16?,20-,22-/m1/s1. The van der Waals surface area contributed by atoms with E-state index in [4.69, 9.17) is 4.52 Å². The van der Waals surface area contributed by atoms with E-state index >= 15 is 0 Å². The first-order valence-corrected chi connectivity index (χ1v) is 10.4. The monoisotopic (exact) mass is 363 g/mol. The summed E-state index contributed by atoms with van der Waals surface area (Å²) in [6.07, 6.45) is 6.98. The van der Waals surface area contributed by atoms with Gasteiger partial charge in [-0.1, -0.05) is 24.2 Å². The number of benzene rings is 1. The number of likely N-dealkylation sites (tertiary alicyclic amines) is 1. The number of hydrogen-bond acceptors (Lipinski definition) is 3. The van der Waals surface area contributed by atoms with Gasteiger partial charge in [-0.25, -0.2) is 0 Å². The van der Waals surface area contributed by atoms with Gasteiger partial charge in [0.1, 0.15) is 5.76 Å². The molecule has 0 radical (unpaired) electrons. The lowest BCUT2D eigenvalue weighted by Gasteiger charge is -2.47. The first kappa shape index (κ1) is 17.1. The van der Waals surface area contributed by atoms with Crippen molar-refractivity contribution in [3.8, 4) is 0 Å². The van der Waals surface area contributed by atoms with Gasteiger partial charge in [0.15, 0.2) is 0 Å². The molecule has 1 aliphatic heterocycles. The number of aromatic amines is 1. The highest BCUT2D eigenvalue weighted by Crippen LogP contribution is 2.45. The lowest BCUT2D eigenvalue weighted by Crippen LogP contribution is -2.50. The number of hydrogen-bond donors (Lipinski definition) is 1. The van der Waals surface area contributed by atoms with Crippen molar-refractivity contribution in [3.63, 3.8) is 0 Å². The minimum atomic E-state index is 0.628. The molecule has 1 N–H and O–H groups in total. The predicted molar refractivity (Wildman–Crippen MR) is 108 cm³/mol. The number of aryl methyl sites for hydroxylation is 2. The summed E-state index contributed by atoms with van der Waals surface area (Å²) in [5, 5.41) is 5.67. The zero-order valence-corrected chi connectivity index (χ0v) is 16.6. The minimum Gasteiger partial charge on any atom is -0.361 e. The third-order valence-electron chi connectivity index (χ3n) is 6.85. The van der Waals surface area contributed by atoms with E-state index in [9.17, 15) is 0 Å². The number of nitrogens with zero attached hydrogens (tertiary/aromatic N) is 2. The average Bonchev–Trinajstić information content (AvgIpc) is 3.22. The van der Waals surface area contributed by atoms with Crippen LogP contribution in [0, 0.1) is 19.8 Å². The van der Waals surface area contributed by atoms with Crippen molar-refractivity contribution in [3.05, 3.63) is 52.5 Å². The molecule has 4 nitrogen and oxygen atoms in total. The fourth-order valence-electron chi connectivity index (χ4n) is 5.67. The molecule has 2 aromatic heterocycles. The van der Waals surface area contributed by atoms with E-state index in [1.165, 1.54) is 54.4 Å². The Balaban J connectivity index is 1.51. The fourth-order valence-corrected chi connectivity index (χ4v) is 5.67. The Labute approximate surface area is 160 Å².